The van der Waals surface area contributed by atoms with Crippen molar-refractivity contribution in [2.45, 2.75) is 18.7 Å². The van der Waals surface area contributed by atoms with Crippen LogP contribution in [0.15, 0.2) is 42.5 Å². The van der Waals surface area contributed by atoms with Gasteiger partial charge in [0.1, 0.15) is 24.0 Å². The van der Waals surface area contributed by atoms with Gasteiger partial charge in [-0.25, -0.2) is 4.39 Å². The Hall–Kier alpha value is -3.18. The van der Waals surface area contributed by atoms with E-state index in [2.05, 4.69) is 20.8 Å². The van der Waals surface area contributed by atoms with Crippen LogP contribution in [-0.4, -0.2) is 41.0 Å². The second-order valence-electron chi connectivity index (χ2n) is 7.15. The highest BCUT2D eigenvalue weighted by molar-refractivity contribution is 7.99. The van der Waals surface area contributed by atoms with Crippen LogP contribution in [0.3, 0.4) is 0 Å². The highest BCUT2D eigenvalue weighted by atomic mass is 32.2. The van der Waals surface area contributed by atoms with E-state index in [9.17, 15) is 14.0 Å². The Balaban J connectivity index is 1.22. The summed E-state index contributed by atoms with van der Waals surface area (Å²) in [7, 11) is 0. The fourth-order valence-corrected chi connectivity index (χ4v) is 4.67. The van der Waals surface area contributed by atoms with E-state index in [4.69, 9.17) is 9.47 Å². The zero-order valence-electron chi connectivity index (χ0n) is 17.7. The Kier molecular flexibility index (Phi) is 7.40. The summed E-state index contributed by atoms with van der Waals surface area (Å²) in [6.45, 7) is 2.95. The highest BCUT2D eigenvalue weighted by Crippen LogP contribution is 2.32. The summed E-state index contributed by atoms with van der Waals surface area (Å²) in [5.41, 5.74) is 1.40. The van der Waals surface area contributed by atoms with Gasteiger partial charge in [0.15, 0.2) is 11.5 Å². The SMILES string of the molecule is CC(NC(=O)CSCc1nnc(C(=O)Nc2ccc(F)cc2)s1)c1ccc2c(c1)OCCO2. The summed E-state index contributed by atoms with van der Waals surface area (Å²) in [6.07, 6.45) is 0. The number of amides is 2. The molecule has 2 heterocycles. The van der Waals surface area contributed by atoms with Gasteiger partial charge >= 0.3 is 0 Å². The van der Waals surface area contributed by atoms with Crippen LogP contribution in [0.25, 0.3) is 0 Å². The lowest BCUT2D eigenvalue weighted by molar-refractivity contribution is -0.119. The van der Waals surface area contributed by atoms with E-state index >= 15 is 0 Å². The monoisotopic (exact) mass is 488 g/mol. The number of halogens is 1. The zero-order chi connectivity index (χ0) is 23.2. The smallest absolute Gasteiger partial charge is 0.286 e. The Morgan fingerprint density at radius 1 is 1.12 bits per heavy atom. The van der Waals surface area contributed by atoms with Gasteiger partial charge < -0.3 is 20.1 Å². The molecule has 4 rings (SSSR count). The van der Waals surface area contributed by atoms with E-state index in [1.807, 2.05) is 25.1 Å². The van der Waals surface area contributed by atoms with Crippen molar-refractivity contribution in [3.05, 3.63) is 63.9 Å². The molecule has 0 spiro atoms. The van der Waals surface area contributed by atoms with Crippen molar-refractivity contribution in [2.75, 3.05) is 24.3 Å². The molecule has 1 aromatic heterocycles. The van der Waals surface area contributed by atoms with Gasteiger partial charge in [0.25, 0.3) is 5.91 Å². The van der Waals surface area contributed by atoms with Crippen LogP contribution in [0.5, 0.6) is 11.5 Å². The van der Waals surface area contributed by atoms with Crippen LogP contribution in [0.2, 0.25) is 0 Å². The number of thioether (sulfide) groups is 1. The van der Waals surface area contributed by atoms with Crippen LogP contribution >= 0.6 is 23.1 Å². The molecule has 1 aliphatic heterocycles. The molecule has 1 unspecified atom stereocenters. The first kappa shape index (κ1) is 23.0. The first-order chi connectivity index (χ1) is 16.0. The number of hydrogen-bond acceptors (Lipinski definition) is 8. The number of anilines is 1. The molecule has 0 aliphatic carbocycles. The summed E-state index contributed by atoms with van der Waals surface area (Å²) in [4.78, 5) is 24.6. The third-order valence-corrected chi connectivity index (χ3v) is 6.71. The molecule has 0 fully saturated rings. The Bertz CT molecular complexity index is 1140. The van der Waals surface area contributed by atoms with Gasteiger partial charge in [0, 0.05) is 11.4 Å². The average Bonchev–Trinajstić information content (AvgIpc) is 3.29. The molecule has 0 saturated carbocycles. The summed E-state index contributed by atoms with van der Waals surface area (Å²) in [6, 6.07) is 10.9. The number of nitrogens with one attached hydrogen (secondary N) is 2. The molecule has 8 nitrogen and oxygen atoms in total. The standard InChI is InChI=1S/C22H21FN4O4S2/c1-13(14-2-7-17-18(10-14)31-9-8-30-17)24-19(28)11-32-12-20-26-27-22(33-20)21(29)25-16-5-3-15(23)4-6-16/h2-7,10,13H,8-9,11-12H2,1H3,(H,24,28)(H,25,29). The Morgan fingerprint density at radius 2 is 1.88 bits per heavy atom. The number of nitrogens with zero attached hydrogens (tertiary/aromatic N) is 2. The maximum absolute atomic E-state index is 13.0. The summed E-state index contributed by atoms with van der Waals surface area (Å²) in [5.74, 6) is 1.18. The lowest BCUT2D eigenvalue weighted by atomic mass is 10.1. The third kappa shape index (κ3) is 6.20. The molecule has 0 bridgehead atoms. The molecule has 2 amide bonds. The quantitative estimate of drug-likeness (QED) is 0.497. The largest absolute Gasteiger partial charge is 0.486 e. The Morgan fingerprint density at radius 3 is 2.67 bits per heavy atom. The lowest BCUT2D eigenvalue weighted by Gasteiger charge is -2.21. The number of carbonyl (C=O) groups is 2. The zero-order valence-corrected chi connectivity index (χ0v) is 19.3. The number of fused-ring (bicyclic) bond motifs is 1. The number of hydrogen-bond donors (Lipinski definition) is 2. The highest BCUT2D eigenvalue weighted by Gasteiger charge is 2.17. The molecule has 1 aliphatic rings. The predicted molar refractivity (Wildman–Crippen MR) is 124 cm³/mol. The molecule has 2 aromatic carbocycles. The van der Waals surface area contributed by atoms with Gasteiger partial charge in [-0.1, -0.05) is 17.4 Å². The topological polar surface area (TPSA) is 102 Å². The Labute approximate surface area is 197 Å². The van der Waals surface area contributed by atoms with Gasteiger partial charge in [-0.2, -0.15) is 0 Å². The van der Waals surface area contributed by atoms with E-state index in [0.29, 0.717) is 41.2 Å². The normalized spacial score (nSPS) is 13.3. The maximum atomic E-state index is 13.0. The number of benzene rings is 2. The van der Waals surface area contributed by atoms with E-state index in [1.54, 1.807) is 0 Å². The molecular weight excluding hydrogens is 467 g/mol. The van der Waals surface area contributed by atoms with Crippen molar-refractivity contribution in [3.63, 3.8) is 0 Å². The lowest BCUT2D eigenvalue weighted by Crippen LogP contribution is -2.28. The van der Waals surface area contributed by atoms with Crippen LogP contribution in [-0.2, 0) is 10.5 Å². The fourth-order valence-electron chi connectivity index (χ4n) is 3.05. The molecule has 33 heavy (non-hydrogen) atoms. The van der Waals surface area contributed by atoms with Crippen LogP contribution < -0.4 is 20.1 Å². The molecule has 0 saturated heterocycles. The number of carbonyl (C=O) groups excluding carboxylic acids is 2. The molecule has 3 aromatic rings. The fraction of sp³-hybridized carbons (Fsp3) is 0.273. The molecule has 172 valence electrons. The second kappa shape index (κ2) is 10.6. The van der Waals surface area contributed by atoms with Crippen molar-refractivity contribution >= 4 is 40.6 Å². The van der Waals surface area contributed by atoms with Gasteiger partial charge in [-0.15, -0.1) is 22.0 Å². The van der Waals surface area contributed by atoms with Crippen molar-refractivity contribution in [1.29, 1.82) is 0 Å². The summed E-state index contributed by atoms with van der Waals surface area (Å²) < 4.78 is 24.1. The van der Waals surface area contributed by atoms with Gasteiger partial charge in [0.05, 0.1) is 11.8 Å². The summed E-state index contributed by atoms with van der Waals surface area (Å²) in [5, 5.41) is 14.4. The minimum absolute atomic E-state index is 0.110. The van der Waals surface area contributed by atoms with Crippen LogP contribution in [0, 0.1) is 5.82 Å². The first-order valence-electron chi connectivity index (χ1n) is 10.1. The molecule has 1 atom stereocenters. The van der Waals surface area contributed by atoms with Crippen LogP contribution in [0.1, 0.15) is 33.3 Å². The third-order valence-electron chi connectivity index (χ3n) is 4.67. The van der Waals surface area contributed by atoms with Crippen molar-refractivity contribution < 1.29 is 23.5 Å². The predicted octanol–water partition coefficient (Wildman–Crippen LogP) is 3.81. The molecule has 11 heteroatoms. The molecule has 0 radical (unpaired) electrons. The molecule has 2 N–H and O–H groups in total. The second-order valence-corrected chi connectivity index (χ2v) is 9.19. The summed E-state index contributed by atoms with van der Waals surface area (Å²) >= 11 is 2.54. The van der Waals surface area contributed by atoms with Crippen LogP contribution in [0.4, 0.5) is 10.1 Å². The van der Waals surface area contributed by atoms with E-state index in [0.717, 1.165) is 16.9 Å². The van der Waals surface area contributed by atoms with Gasteiger partial charge in [-0.3, -0.25) is 9.59 Å². The maximum Gasteiger partial charge on any atom is 0.286 e. The minimum atomic E-state index is -0.415. The number of rotatable bonds is 8. The van der Waals surface area contributed by atoms with E-state index < -0.39 is 5.91 Å². The van der Waals surface area contributed by atoms with Crippen molar-refractivity contribution in [3.8, 4) is 11.5 Å². The minimum Gasteiger partial charge on any atom is -0.486 e. The number of aromatic nitrogens is 2. The van der Waals surface area contributed by atoms with Crippen molar-refractivity contribution in [2.24, 2.45) is 0 Å². The van der Waals surface area contributed by atoms with E-state index in [1.165, 1.54) is 36.0 Å². The van der Waals surface area contributed by atoms with Gasteiger partial charge in [-0.05, 0) is 48.9 Å². The number of ether oxygens (including phenoxy) is 2. The van der Waals surface area contributed by atoms with Crippen molar-refractivity contribution in [1.82, 2.24) is 15.5 Å². The molecular formula is C22H21FN4O4S2. The first-order valence-corrected chi connectivity index (χ1v) is 12.1. The van der Waals surface area contributed by atoms with E-state index in [-0.39, 0.29) is 28.5 Å². The average molecular weight is 489 g/mol. The van der Waals surface area contributed by atoms with Gasteiger partial charge in [0.2, 0.25) is 10.9 Å².